The highest BCUT2D eigenvalue weighted by atomic mass is 16.5. The quantitative estimate of drug-likeness (QED) is 0.815. The molecule has 0 aliphatic carbocycles. The first-order valence-corrected chi connectivity index (χ1v) is 7.48. The van der Waals surface area contributed by atoms with Gasteiger partial charge in [-0.3, -0.25) is 4.79 Å². The van der Waals surface area contributed by atoms with Gasteiger partial charge in [-0.2, -0.15) is 0 Å². The number of anilines is 1. The third-order valence-electron chi connectivity index (χ3n) is 3.65. The highest BCUT2D eigenvalue weighted by Gasteiger charge is 2.26. The van der Waals surface area contributed by atoms with Crippen LogP contribution >= 0.6 is 0 Å². The second-order valence-corrected chi connectivity index (χ2v) is 5.11. The summed E-state index contributed by atoms with van der Waals surface area (Å²) in [5, 5.41) is 0. The smallest absolute Gasteiger partial charge is 0.338 e. The minimum atomic E-state index is -0.378. The molecule has 3 rings (SSSR count). The van der Waals surface area contributed by atoms with Crippen LogP contribution in [0.15, 0.2) is 48.5 Å². The highest BCUT2D eigenvalue weighted by molar-refractivity contribution is 5.98. The molecule has 1 aliphatic heterocycles. The molecule has 0 saturated carbocycles. The maximum absolute atomic E-state index is 12.3. The Balaban J connectivity index is 1.93. The normalized spacial score (nSPS) is 13.3. The number of carbonyl (C=O) groups excluding carboxylic acids is 2. The van der Waals surface area contributed by atoms with Crippen LogP contribution in [0.4, 0.5) is 5.69 Å². The highest BCUT2D eigenvalue weighted by Crippen LogP contribution is 2.32. The molecule has 0 aromatic heterocycles. The summed E-state index contributed by atoms with van der Waals surface area (Å²) in [6.45, 7) is 2.38. The van der Waals surface area contributed by atoms with E-state index in [9.17, 15) is 9.59 Å². The molecule has 0 N–H and O–H groups in total. The average Bonchev–Trinajstić information content (AvgIpc) is 2.58. The fourth-order valence-corrected chi connectivity index (χ4v) is 2.56. The van der Waals surface area contributed by atoms with Gasteiger partial charge in [-0.15, -0.1) is 0 Å². The van der Waals surface area contributed by atoms with E-state index in [0.717, 1.165) is 5.56 Å². The molecule has 0 fully saturated rings. The van der Waals surface area contributed by atoms with Gasteiger partial charge in [-0.1, -0.05) is 30.3 Å². The lowest BCUT2D eigenvalue weighted by atomic mass is 10.1. The lowest BCUT2D eigenvalue weighted by Crippen LogP contribution is -2.38. The van der Waals surface area contributed by atoms with E-state index in [-0.39, 0.29) is 18.5 Å². The third kappa shape index (κ3) is 3.04. The number of hydrogen-bond donors (Lipinski definition) is 0. The fourth-order valence-electron chi connectivity index (χ4n) is 2.56. The summed E-state index contributed by atoms with van der Waals surface area (Å²) >= 11 is 0. The molecule has 1 heterocycles. The summed E-state index contributed by atoms with van der Waals surface area (Å²) in [7, 11) is 0. The second kappa shape index (κ2) is 6.52. The number of nitrogens with zero attached hydrogens (tertiary/aromatic N) is 1. The van der Waals surface area contributed by atoms with Gasteiger partial charge in [0.25, 0.3) is 5.91 Å². The van der Waals surface area contributed by atoms with Crippen LogP contribution in [0.1, 0.15) is 22.8 Å². The number of carbonyl (C=O) groups is 2. The van der Waals surface area contributed by atoms with Crippen LogP contribution in [0.25, 0.3) is 0 Å². The molecule has 5 heteroatoms. The van der Waals surface area contributed by atoms with E-state index >= 15 is 0 Å². The van der Waals surface area contributed by atoms with Crippen LogP contribution in [0.5, 0.6) is 5.75 Å². The number of ether oxygens (including phenoxy) is 2. The molecule has 1 aliphatic rings. The van der Waals surface area contributed by atoms with Gasteiger partial charge >= 0.3 is 5.97 Å². The lowest BCUT2D eigenvalue weighted by molar-refractivity contribution is -0.121. The van der Waals surface area contributed by atoms with E-state index < -0.39 is 0 Å². The summed E-state index contributed by atoms with van der Waals surface area (Å²) in [5.41, 5.74) is 1.93. The molecule has 0 unspecified atom stereocenters. The number of benzene rings is 2. The Kier molecular flexibility index (Phi) is 4.28. The van der Waals surface area contributed by atoms with E-state index in [4.69, 9.17) is 9.47 Å². The van der Waals surface area contributed by atoms with Crippen molar-refractivity contribution in [1.29, 1.82) is 0 Å². The Morgan fingerprint density at radius 3 is 2.74 bits per heavy atom. The van der Waals surface area contributed by atoms with E-state index in [1.54, 1.807) is 24.0 Å². The molecule has 1 amide bonds. The topological polar surface area (TPSA) is 55.8 Å². The fraction of sp³-hybridized carbons (Fsp3) is 0.222. The van der Waals surface area contributed by atoms with Crippen LogP contribution in [-0.2, 0) is 16.1 Å². The second-order valence-electron chi connectivity index (χ2n) is 5.11. The van der Waals surface area contributed by atoms with Gasteiger partial charge in [0, 0.05) is 0 Å². The minimum Gasteiger partial charge on any atom is -0.482 e. The molecule has 2 aromatic carbocycles. The molecule has 0 atom stereocenters. The minimum absolute atomic E-state index is 0.00140. The zero-order chi connectivity index (χ0) is 16.2. The standard InChI is InChI=1S/C18H17NO4/c1-2-22-18(21)14-8-4-3-7-13(14)11-19-15-9-5-6-10-16(15)23-12-17(19)20/h3-10H,2,11-12H2,1H3. The summed E-state index contributed by atoms with van der Waals surface area (Å²) in [6, 6.07) is 14.5. The van der Waals surface area contributed by atoms with Crippen molar-refractivity contribution in [2.24, 2.45) is 0 Å². The molecule has 0 spiro atoms. The number of rotatable bonds is 4. The molecular formula is C18H17NO4. The Labute approximate surface area is 134 Å². The Bertz CT molecular complexity index is 741. The van der Waals surface area contributed by atoms with Crippen LogP contribution in [-0.4, -0.2) is 25.1 Å². The van der Waals surface area contributed by atoms with Crippen molar-refractivity contribution in [2.45, 2.75) is 13.5 Å². The van der Waals surface area contributed by atoms with Crippen LogP contribution in [0, 0.1) is 0 Å². The maximum atomic E-state index is 12.3. The number of para-hydroxylation sites is 2. The summed E-state index contributed by atoms with van der Waals surface area (Å²) < 4.78 is 10.5. The number of amides is 1. The molecule has 5 nitrogen and oxygen atoms in total. The third-order valence-corrected chi connectivity index (χ3v) is 3.65. The van der Waals surface area contributed by atoms with E-state index in [1.807, 2.05) is 36.4 Å². The van der Waals surface area contributed by atoms with Gasteiger partial charge in [0.15, 0.2) is 6.61 Å². The first-order valence-electron chi connectivity index (χ1n) is 7.48. The zero-order valence-corrected chi connectivity index (χ0v) is 12.8. The summed E-state index contributed by atoms with van der Waals surface area (Å²) in [5.74, 6) is 0.153. The van der Waals surface area contributed by atoms with E-state index in [0.29, 0.717) is 30.2 Å². The predicted molar refractivity (Wildman–Crippen MR) is 85.5 cm³/mol. The van der Waals surface area contributed by atoms with Gasteiger partial charge in [0.1, 0.15) is 5.75 Å². The summed E-state index contributed by atoms with van der Waals surface area (Å²) in [6.07, 6.45) is 0. The SMILES string of the molecule is CCOC(=O)c1ccccc1CN1C(=O)COc2ccccc21. The van der Waals surface area contributed by atoms with Crippen molar-refractivity contribution in [2.75, 3.05) is 18.1 Å². The van der Waals surface area contributed by atoms with Gasteiger partial charge in [0.2, 0.25) is 0 Å². The molecule has 118 valence electrons. The molecule has 2 aromatic rings. The van der Waals surface area contributed by atoms with Crippen molar-refractivity contribution < 1.29 is 19.1 Å². The first-order chi connectivity index (χ1) is 11.2. The average molecular weight is 311 g/mol. The predicted octanol–water partition coefficient (Wildman–Crippen LogP) is 2.79. The Morgan fingerprint density at radius 1 is 1.17 bits per heavy atom. The summed E-state index contributed by atoms with van der Waals surface area (Å²) in [4.78, 5) is 26.0. The van der Waals surface area contributed by atoms with Crippen molar-refractivity contribution in [3.8, 4) is 5.75 Å². The largest absolute Gasteiger partial charge is 0.482 e. The van der Waals surface area contributed by atoms with Crippen LogP contribution < -0.4 is 9.64 Å². The number of fused-ring (bicyclic) bond motifs is 1. The zero-order valence-electron chi connectivity index (χ0n) is 12.8. The number of esters is 1. The van der Waals surface area contributed by atoms with Gasteiger partial charge in [-0.05, 0) is 30.7 Å². The monoisotopic (exact) mass is 311 g/mol. The van der Waals surface area contributed by atoms with Crippen molar-refractivity contribution in [3.05, 3.63) is 59.7 Å². The molecular weight excluding hydrogens is 294 g/mol. The first kappa shape index (κ1) is 15.1. The lowest BCUT2D eigenvalue weighted by Gasteiger charge is -2.29. The molecule has 0 radical (unpaired) electrons. The molecule has 0 saturated heterocycles. The van der Waals surface area contributed by atoms with Crippen molar-refractivity contribution in [1.82, 2.24) is 0 Å². The van der Waals surface area contributed by atoms with Crippen LogP contribution in [0.2, 0.25) is 0 Å². The molecule has 0 bridgehead atoms. The number of hydrogen-bond acceptors (Lipinski definition) is 4. The molecule has 23 heavy (non-hydrogen) atoms. The van der Waals surface area contributed by atoms with Crippen molar-refractivity contribution in [3.63, 3.8) is 0 Å². The maximum Gasteiger partial charge on any atom is 0.338 e. The Hall–Kier alpha value is -2.82. The van der Waals surface area contributed by atoms with Crippen LogP contribution in [0.3, 0.4) is 0 Å². The van der Waals surface area contributed by atoms with Gasteiger partial charge < -0.3 is 14.4 Å². The Morgan fingerprint density at radius 2 is 1.91 bits per heavy atom. The van der Waals surface area contributed by atoms with Gasteiger partial charge in [0.05, 0.1) is 24.4 Å². The van der Waals surface area contributed by atoms with E-state index in [1.165, 1.54) is 0 Å². The van der Waals surface area contributed by atoms with Gasteiger partial charge in [-0.25, -0.2) is 4.79 Å². The van der Waals surface area contributed by atoms with Crippen molar-refractivity contribution >= 4 is 17.6 Å². The van der Waals surface area contributed by atoms with E-state index in [2.05, 4.69) is 0 Å².